The van der Waals surface area contributed by atoms with Crippen LogP contribution in [0.3, 0.4) is 0 Å². The number of aliphatic carboxylic acids is 1. The summed E-state index contributed by atoms with van der Waals surface area (Å²) in [6.07, 6.45) is 0. The third-order valence-corrected chi connectivity index (χ3v) is 3.60. The molecule has 0 aliphatic carbocycles. The molecule has 1 aromatic carbocycles. The lowest BCUT2D eigenvalue weighted by atomic mass is 10.2. The fourth-order valence-electron chi connectivity index (χ4n) is 0.940. The molecule has 0 bridgehead atoms. The van der Waals surface area contributed by atoms with Gasteiger partial charge in [0.2, 0.25) is 0 Å². The number of carbonyl (C=O) groups is 1. The highest BCUT2D eigenvalue weighted by Crippen LogP contribution is 2.35. The quantitative estimate of drug-likeness (QED) is 0.654. The van der Waals surface area contributed by atoms with Gasteiger partial charge in [-0.3, -0.25) is 0 Å². The molecular formula is C10H8BrCl2NO2. The van der Waals surface area contributed by atoms with Gasteiger partial charge >= 0.3 is 5.97 Å². The Labute approximate surface area is 111 Å². The van der Waals surface area contributed by atoms with Crippen molar-refractivity contribution in [2.24, 2.45) is 0 Å². The summed E-state index contributed by atoms with van der Waals surface area (Å²) in [4.78, 5) is 10.5. The van der Waals surface area contributed by atoms with Crippen LogP contribution in [0, 0.1) is 0 Å². The number of nitrogens with one attached hydrogen (secondary N) is 1. The minimum absolute atomic E-state index is 0.0510. The third-order valence-electron chi connectivity index (χ3n) is 1.83. The summed E-state index contributed by atoms with van der Waals surface area (Å²) < 4.78 is 0.682. The Morgan fingerprint density at radius 1 is 1.44 bits per heavy atom. The molecule has 0 atom stereocenters. The predicted octanol–water partition coefficient (Wildman–Crippen LogP) is 3.81. The van der Waals surface area contributed by atoms with E-state index in [1.54, 1.807) is 12.1 Å². The van der Waals surface area contributed by atoms with Crippen molar-refractivity contribution in [3.63, 3.8) is 0 Å². The molecule has 0 aliphatic rings. The Hall–Kier alpha value is -0.710. The Balaban J connectivity index is 2.79. The smallest absolute Gasteiger partial charge is 0.332 e. The minimum Gasteiger partial charge on any atom is -0.478 e. The fraction of sp³-hybridized carbons (Fsp3) is 0.100. The molecule has 1 rings (SSSR count). The molecule has 0 saturated heterocycles. The molecule has 0 radical (unpaired) electrons. The molecule has 0 fully saturated rings. The zero-order chi connectivity index (χ0) is 12.3. The zero-order valence-corrected chi connectivity index (χ0v) is 11.2. The number of hydrogen-bond acceptors (Lipinski definition) is 2. The first-order chi connectivity index (χ1) is 7.43. The summed E-state index contributed by atoms with van der Waals surface area (Å²) in [7, 11) is 0. The van der Waals surface area contributed by atoms with Crippen molar-refractivity contribution in [2.75, 3.05) is 11.9 Å². The molecule has 0 heterocycles. The van der Waals surface area contributed by atoms with Crippen LogP contribution in [0.25, 0.3) is 0 Å². The molecule has 0 saturated carbocycles. The van der Waals surface area contributed by atoms with E-state index in [-0.39, 0.29) is 12.1 Å². The van der Waals surface area contributed by atoms with Crippen LogP contribution in [0.1, 0.15) is 0 Å². The average Bonchev–Trinajstić information content (AvgIpc) is 2.24. The molecule has 0 spiro atoms. The van der Waals surface area contributed by atoms with Crippen LogP contribution >= 0.6 is 39.1 Å². The van der Waals surface area contributed by atoms with Crippen molar-refractivity contribution in [2.45, 2.75) is 0 Å². The lowest BCUT2D eigenvalue weighted by Gasteiger charge is -2.10. The summed E-state index contributed by atoms with van der Waals surface area (Å²) in [6.45, 7) is 3.50. The summed E-state index contributed by atoms with van der Waals surface area (Å²) in [5.74, 6) is -1.05. The highest BCUT2D eigenvalue weighted by Gasteiger charge is 2.09. The first-order valence-electron chi connectivity index (χ1n) is 4.22. The van der Waals surface area contributed by atoms with E-state index in [9.17, 15) is 4.79 Å². The Morgan fingerprint density at radius 2 is 2.06 bits per heavy atom. The molecule has 0 unspecified atom stereocenters. The molecule has 16 heavy (non-hydrogen) atoms. The van der Waals surface area contributed by atoms with Crippen molar-refractivity contribution >= 4 is 50.8 Å². The van der Waals surface area contributed by atoms with E-state index in [1.807, 2.05) is 0 Å². The molecule has 0 aliphatic heterocycles. The fourth-order valence-corrected chi connectivity index (χ4v) is 1.78. The van der Waals surface area contributed by atoms with Gasteiger partial charge in [-0.1, -0.05) is 29.8 Å². The van der Waals surface area contributed by atoms with E-state index in [1.165, 1.54) is 0 Å². The number of carboxylic acids is 1. The maximum absolute atomic E-state index is 10.5. The summed E-state index contributed by atoms with van der Waals surface area (Å²) >= 11 is 15.1. The van der Waals surface area contributed by atoms with Crippen LogP contribution < -0.4 is 5.32 Å². The van der Waals surface area contributed by atoms with E-state index < -0.39 is 5.97 Å². The number of hydrogen-bond donors (Lipinski definition) is 2. The van der Waals surface area contributed by atoms with E-state index in [0.29, 0.717) is 20.2 Å². The highest BCUT2D eigenvalue weighted by molar-refractivity contribution is 9.10. The summed E-state index contributed by atoms with van der Waals surface area (Å²) in [6, 6.07) is 3.42. The van der Waals surface area contributed by atoms with Gasteiger partial charge in [-0.05, 0) is 28.1 Å². The standard InChI is InChI=1S/C10H8BrCl2NO2/c1-5(10(15)16)4-14-7-3-2-6(11)8(12)9(7)13/h2-3,14H,1,4H2,(H,15,16). The van der Waals surface area contributed by atoms with E-state index >= 15 is 0 Å². The second kappa shape index (κ2) is 5.57. The molecular weight excluding hydrogens is 317 g/mol. The Morgan fingerprint density at radius 3 is 2.62 bits per heavy atom. The number of anilines is 1. The van der Waals surface area contributed by atoms with Crippen LogP contribution in [-0.4, -0.2) is 17.6 Å². The molecule has 0 amide bonds. The maximum atomic E-state index is 10.5. The number of carboxylic acid groups (broad SMARTS) is 1. The predicted molar refractivity (Wildman–Crippen MR) is 69.4 cm³/mol. The van der Waals surface area contributed by atoms with Crippen LogP contribution in [0.4, 0.5) is 5.69 Å². The number of rotatable bonds is 4. The maximum Gasteiger partial charge on any atom is 0.332 e. The first-order valence-corrected chi connectivity index (χ1v) is 5.76. The lowest BCUT2D eigenvalue weighted by Crippen LogP contribution is -2.11. The van der Waals surface area contributed by atoms with Crippen molar-refractivity contribution in [3.8, 4) is 0 Å². The van der Waals surface area contributed by atoms with Gasteiger partial charge in [-0.25, -0.2) is 4.79 Å². The first kappa shape index (κ1) is 13.4. The monoisotopic (exact) mass is 323 g/mol. The van der Waals surface area contributed by atoms with Crippen LogP contribution in [0.15, 0.2) is 28.8 Å². The van der Waals surface area contributed by atoms with E-state index in [0.717, 1.165) is 0 Å². The van der Waals surface area contributed by atoms with E-state index in [4.69, 9.17) is 28.3 Å². The summed E-state index contributed by atoms with van der Waals surface area (Å²) in [5.41, 5.74) is 0.618. The van der Waals surface area contributed by atoms with Gasteiger partial charge in [0.05, 0.1) is 15.7 Å². The lowest BCUT2D eigenvalue weighted by molar-refractivity contribution is -0.132. The minimum atomic E-state index is -1.05. The van der Waals surface area contributed by atoms with Crippen molar-refractivity contribution < 1.29 is 9.90 Å². The van der Waals surface area contributed by atoms with Crippen molar-refractivity contribution in [1.29, 1.82) is 0 Å². The highest BCUT2D eigenvalue weighted by atomic mass is 79.9. The topological polar surface area (TPSA) is 49.3 Å². The molecule has 3 nitrogen and oxygen atoms in total. The number of halogens is 3. The van der Waals surface area contributed by atoms with Gasteiger partial charge in [0.15, 0.2) is 0 Å². The molecule has 0 aromatic heterocycles. The van der Waals surface area contributed by atoms with Crippen LogP contribution in [-0.2, 0) is 4.79 Å². The Kier molecular flexibility index (Phi) is 4.65. The van der Waals surface area contributed by atoms with E-state index in [2.05, 4.69) is 27.8 Å². The second-order valence-corrected chi connectivity index (χ2v) is 4.60. The van der Waals surface area contributed by atoms with Gasteiger partial charge in [-0.15, -0.1) is 0 Å². The normalized spacial score (nSPS) is 9.94. The second-order valence-electron chi connectivity index (χ2n) is 2.99. The van der Waals surface area contributed by atoms with Crippen LogP contribution in [0.5, 0.6) is 0 Å². The summed E-state index contributed by atoms with van der Waals surface area (Å²) in [5, 5.41) is 12.2. The Bertz CT molecular complexity index is 449. The SMILES string of the molecule is C=C(CNc1ccc(Br)c(Cl)c1Cl)C(=O)O. The van der Waals surface area contributed by atoms with Gasteiger partial charge in [0.1, 0.15) is 0 Å². The molecule has 1 aromatic rings. The molecule has 86 valence electrons. The van der Waals surface area contributed by atoms with Gasteiger partial charge < -0.3 is 10.4 Å². The van der Waals surface area contributed by atoms with Crippen molar-refractivity contribution in [1.82, 2.24) is 0 Å². The zero-order valence-electron chi connectivity index (χ0n) is 8.06. The largest absolute Gasteiger partial charge is 0.478 e. The van der Waals surface area contributed by atoms with Gasteiger partial charge in [-0.2, -0.15) is 0 Å². The van der Waals surface area contributed by atoms with Crippen molar-refractivity contribution in [3.05, 3.63) is 38.8 Å². The number of benzene rings is 1. The van der Waals surface area contributed by atoms with Gasteiger partial charge in [0.25, 0.3) is 0 Å². The van der Waals surface area contributed by atoms with Crippen LogP contribution in [0.2, 0.25) is 10.0 Å². The third kappa shape index (κ3) is 3.14. The average molecular weight is 325 g/mol. The van der Waals surface area contributed by atoms with Gasteiger partial charge in [0, 0.05) is 16.6 Å². The molecule has 6 heteroatoms. The molecule has 2 N–H and O–H groups in total.